The van der Waals surface area contributed by atoms with Gasteiger partial charge in [-0.15, -0.1) is 0 Å². The molecular formula is C15H16O2. The molecule has 2 rings (SSSR count). The molecule has 0 unspecified atom stereocenters. The Morgan fingerprint density at radius 3 is 2.65 bits per heavy atom. The van der Waals surface area contributed by atoms with E-state index in [4.69, 9.17) is 4.74 Å². The lowest BCUT2D eigenvalue weighted by Crippen LogP contribution is -2.14. The zero-order chi connectivity index (χ0) is 12.4. The Labute approximate surface area is 101 Å². The summed E-state index contributed by atoms with van der Waals surface area (Å²) < 4.78 is 5.28. The molecule has 0 aliphatic rings. The summed E-state index contributed by atoms with van der Waals surface area (Å²) >= 11 is 0. The van der Waals surface area contributed by atoms with Crippen LogP contribution < -0.4 is 4.74 Å². The third-order valence-electron chi connectivity index (χ3n) is 2.76. The van der Waals surface area contributed by atoms with Gasteiger partial charge in [-0.2, -0.15) is 0 Å². The quantitative estimate of drug-likeness (QED) is 0.578. The second-order valence-corrected chi connectivity index (χ2v) is 4.53. The molecule has 0 amide bonds. The number of ether oxygens (including phenoxy) is 1. The Morgan fingerprint density at radius 2 is 1.94 bits per heavy atom. The average Bonchev–Trinajstić information content (AvgIpc) is 2.29. The summed E-state index contributed by atoms with van der Waals surface area (Å²) in [4.78, 5) is 11.5. The van der Waals surface area contributed by atoms with E-state index in [1.807, 2.05) is 44.2 Å². The summed E-state index contributed by atoms with van der Waals surface area (Å²) in [5.74, 6) is 0.307. The number of hydrogen-bond donors (Lipinski definition) is 0. The number of carbonyl (C=O) groups is 1. The molecule has 88 valence electrons. The van der Waals surface area contributed by atoms with Crippen LogP contribution in [0.5, 0.6) is 5.75 Å². The third-order valence-corrected chi connectivity index (χ3v) is 2.76. The van der Waals surface area contributed by atoms with Gasteiger partial charge in [0, 0.05) is 0 Å². The number of aryl methyl sites for hydroxylation is 1. The van der Waals surface area contributed by atoms with Crippen molar-refractivity contribution in [2.45, 2.75) is 20.8 Å². The maximum absolute atomic E-state index is 11.5. The highest BCUT2D eigenvalue weighted by Crippen LogP contribution is 2.23. The number of hydrogen-bond acceptors (Lipinski definition) is 2. The molecule has 0 radical (unpaired) electrons. The Bertz CT molecular complexity index is 556. The predicted molar refractivity (Wildman–Crippen MR) is 69.2 cm³/mol. The van der Waals surface area contributed by atoms with E-state index in [-0.39, 0.29) is 11.9 Å². The van der Waals surface area contributed by atoms with Gasteiger partial charge in [0.05, 0.1) is 5.92 Å². The molecule has 0 N–H and O–H groups in total. The summed E-state index contributed by atoms with van der Waals surface area (Å²) in [5.41, 5.74) is 1.23. The first kappa shape index (κ1) is 11.6. The molecule has 2 nitrogen and oxygen atoms in total. The number of rotatable bonds is 2. The molecule has 0 aromatic heterocycles. The van der Waals surface area contributed by atoms with Gasteiger partial charge in [-0.05, 0) is 35.4 Å². The Balaban J connectivity index is 2.35. The van der Waals surface area contributed by atoms with Gasteiger partial charge in [-0.1, -0.05) is 38.1 Å². The van der Waals surface area contributed by atoms with E-state index in [1.54, 1.807) is 0 Å². The van der Waals surface area contributed by atoms with Crippen LogP contribution in [0.15, 0.2) is 36.4 Å². The molecule has 0 fully saturated rings. The smallest absolute Gasteiger partial charge is 0.313 e. The largest absolute Gasteiger partial charge is 0.426 e. The van der Waals surface area contributed by atoms with Crippen LogP contribution in [0.2, 0.25) is 0 Å². The molecule has 0 aliphatic carbocycles. The molecule has 2 aromatic carbocycles. The van der Waals surface area contributed by atoms with Gasteiger partial charge in [0.15, 0.2) is 0 Å². The van der Waals surface area contributed by atoms with Crippen molar-refractivity contribution in [1.29, 1.82) is 0 Å². The van der Waals surface area contributed by atoms with Crippen molar-refractivity contribution in [3.05, 3.63) is 42.0 Å². The van der Waals surface area contributed by atoms with Crippen LogP contribution in [-0.2, 0) is 4.79 Å². The zero-order valence-electron chi connectivity index (χ0n) is 10.4. The van der Waals surface area contributed by atoms with Crippen LogP contribution >= 0.6 is 0 Å². The average molecular weight is 228 g/mol. The Kier molecular flexibility index (Phi) is 3.14. The van der Waals surface area contributed by atoms with Crippen molar-refractivity contribution >= 4 is 16.7 Å². The Hall–Kier alpha value is -1.83. The lowest BCUT2D eigenvalue weighted by molar-refractivity contribution is -0.137. The van der Waals surface area contributed by atoms with Crippen LogP contribution in [0.4, 0.5) is 0 Å². The molecule has 0 saturated heterocycles. The van der Waals surface area contributed by atoms with Gasteiger partial charge in [-0.3, -0.25) is 4.79 Å². The molecule has 0 saturated carbocycles. The van der Waals surface area contributed by atoms with Gasteiger partial charge in [0.25, 0.3) is 0 Å². The molecule has 0 spiro atoms. The monoisotopic (exact) mass is 228 g/mol. The van der Waals surface area contributed by atoms with E-state index < -0.39 is 0 Å². The van der Waals surface area contributed by atoms with Gasteiger partial charge in [0.1, 0.15) is 5.75 Å². The lowest BCUT2D eigenvalue weighted by atomic mass is 10.1. The maximum atomic E-state index is 11.5. The second kappa shape index (κ2) is 4.58. The highest BCUT2D eigenvalue weighted by atomic mass is 16.5. The van der Waals surface area contributed by atoms with E-state index in [2.05, 4.69) is 13.0 Å². The summed E-state index contributed by atoms with van der Waals surface area (Å²) in [5, 5.41) is 2.29. The van der Waals surface area contributed by atoms with E-state index in [1.165, 1.54) is 10.9 Å². The van der Waals surface area contributed by atoms with Gasteiger partial charge in [-0.25, -0.2) is 0 Å². The molecule has 2 heteroatoms. The number of fused-ring (bicyclic) bond motifs is 1. The van der Waals surface area contributed by atoms with Crippen molar-refractivity contribution in [2.75, 3.05) is 0 Å². The minimum Gasteiger partial charge on any atom is -0.426 e. The third kappa shape index (κ3) is 2.47. The number of benzene rings is 2. The SMILES string of the molecule is Cc1cccc2cc(OC(=O)C(C)C)ccc12. The molecule has 0 atom stereocenters. The van der Waals surface area contributed by atoms with Crippen molar-refractivity contribution in [2.24, 2.45) is 5.92 Å². The van der Waals surface area contributed by atoms with Crippen LogP contribution in [0.3, 0.4) is 0 Å². The van der Waals surface area contributed by atoms with E-state index in [9.17, 15) is 4.79 Å². The highest BCUT2D eigenvalue weighted by molar-refractivity contribution is 5.87. The standard InChI is InChI=1S/C15H16O2/c1-10(2)15(16)17-13-7-8-14-11(3)5-4-6-12(14)9-13/h4-10H,1-3H3. The molecular weight excluding hydrogens is 212 g/mol. The second-order valence-electron chi connectivity index (χ2n) is 4.53. The summed E-state index contributed by atoms with van der Waals surface area (Å²) in [6.45, 7) is 5.73. The highest BCUT2D eigenvalue weighted by Gasteiger charge is 2.09. The summed E-state index contributed by atoms with van der Waals surface area (Å²) in [7, 11) is 0. The Morgan fingerprint density at radius 1 is 1.18 bits per heavy atom. The first-order valence-electron chi connectivity index (χ1n) is 5.79. The van der Waals surface area contributed by atoms with Crippen molar-refractivity contribution in [1.82, 2.24) is 0 Å². The van der Waals surface area contributed by atoms with Crippen molar-refractivity contribution in [3.8, 4) is 5.75 Å². The molecule has 0 heterocycles. The lowest BCUT2D eigenvalue weighted by Gasteiger charge is -2.08. The van der Waals surface area contributed by atoms with Crippen LogP contribution in [-0.4, -0.2) is 5.97 Å². The molecule has 0 bridgehead atoms. The van der Waals surface area contributed by atoms with Gasteiger partial charge < -0.3 is 4.74 Å². The van der Waals surface area contributed by atoms with E-state index >= 15 is 0 Å². The minimum absolute atomic E-state index is 0.108. The molecule has 2 aromatic rings. The number of esters is 1. The first-order chi connectivity index (χ1) is 8.08. The van der Waals surface area contributed by atoms with Crippen LogP contribution in [0.25, 0.3) is 10.8 Å². The predicted octanol–water partition coefficient (Wildman–Crippen LogP) is 3.71. The van der Waals surface area contributed by atoms with Gasteiger partial charge >= 0.3 is 5.97 Å². The first-order valence-corrected chi connectivity index (χ1v) is 5.79. The fourth-order valence-corrected chi connectivity index (χ4v) is 1.72. The fraction of sp³-hybridized carbons (Fsp3) is 0.267. The molecule has 17 heavy (non-hydrogen) atoms. The summed E-state index contributed by atoms with van der Waals surface area (Å²) in [6.07, 6.45) is 0. The van der Waals surface area contributed by atoms with E-state index in [0.717, 1.165) is 5.39 Å². The minimum atomic E-state index is -0.197. The number of carbonyl (C=O) groups excluding carboxylic acids is 1. The van der Waals surface area contributed by atoms with Gasteiger partial charge in [0.2, 0.25) is 0 Å². The fourth-order valence-electron chi connectivity index (χ4n) is 1.72. The molecule has 0 aliphatic heterocycles. The van der Waals surface area contributed by atoms with Crippen molar-refractivity contribution in [3.63, 3.8) is 0 Å². The normalized spacial score (nSPS) is 10.8. The summed E-state index contributed by atoms with van der Waals surface area (Å²) in [6, 6.07) is 11.8. The van der Waals surface area contributed by atoms with Crippen LogP contribution in [0.1, 0.15) is 19.4 Å². The van der Waals surface area contributed by atoms with Crippen molar-refractivity contribution < 1.29 is 9.53 Å². The topological polar surface area (TPSA) is 26.3 Å². The zero-order valence-corrected chi connectivity index (χ0v) is 10.4. The van der Waals surface area contributed by atoms with Crippen LogP contribution in [0, 0.1) is 12.8 Å². The maximum Gasteiger partial charge on any atom is 0.313 e. The van der Waals surface area contributed by atoms with E-state index in [0.29, 0.717) is 5.75 Å².